The molecule has 56 heavy (non-hydrogen) atoms. The van der Waals surface area contributed by atoms with E-state index >= 15 is 0 Å². The molecule has 14 heteroatoms. The molecular formula is C42H64BFN4NaO7. The van der Waals surface area contributed by atoms with E-state index in [4.69, 9.17) is 18.9 Å². The minimum Gasteiger partial charge on any atom is -1.00 e. The number of hydrogen-bond acceptors (Lipinski definition) is 10. The number of fused-ring (bicyclic) bond motifs is 7. The van der Waals surface area contributed by atoms with Crippen LogP contribution in [0.1, 0.15) is 77.5 Å². The number of likely N-dealkylation sites (N-methyl/N-ethyl adjacent to an activating group) is 3. The van der Waals surface area contributed by atoms with Gasteiger partial charge in [-0.25, -0.2) is 9.18 Å². The normalized spacial score (nSPS) is 32.1. The zero-order valence-electron chi connectivity index (χ0n) is 33.4. The topological polar surface area (TPSA) is 104 Å². The number of carbonyl (C=O) groups excluding carboxylic acids is 2. The average molecular weight is 790 g/mol. The van der Waals surface area contributed by atoms with Crippen molar-refractivity contribution >= 4 is 20.3 Å². The number of rotatable bonds is 2. The maximum Gasteiger partial charge on any atom is 1.00 e. The number of nitrogens with zero attached hydrogens (tertiary/aromatic N) is 4. The fraction of sp³-hybridized carbons (Fsp3) is 0.667. The number of hydrogen-bond donors (Lipinski definition) is 1. The van der Waals surface area contributed by atoms with Crippen molar-refractivity contribution in [3.05, 3.63) is 71.0 Å². The van der Waals surface area contributed by atoms with E-state index in [1.807, 2.05) is 12.1 Å². The van der Waals surface area contributed by atoms with E-state index in [9.17, 15) is 19.1 Å². The minimum absolute atomic E-state index is 0. The SMILES string of the molecule is C.C.CN1C2COCC1CC(=O)C2.CN1C2COCC1CC(O)C2.CN1C2COCC1CC(OC(=O)N1CCc3ccccc3[C@@H]1c1ccc(F)cc1)C2.[B].[H-].[Na+]. The van der Waals surface area contributed by atoms with Gasteiger partial charge in [0.1, 0.15) is 17.7 Å². The van der Waals surface area contributed by atoms with Gasteiger partial charge >= 0.3 is 35.7 Å². The van der Waals surface area contributed by atoms with Gasteiger partial charge in [-0.15, -0.1) is 0 Å². The molecule has 0 saturated carbocycles. The summed E-state index contributed by atoms with van der Waals surface area (Å²) >= 11 is 0. The summed E-state index contributed by atoms with van der Waals surface area (Å²) in [5.74, 6) is 0.124. The Morgan fingerprint density at radius 1 is 0.750 bits per heavy atom. The molecule has 0 spiro atoms. The number of ketones is 1. The van der Waals surface area contributed by atoms with E-state index in [0.717, 1.165) is 69.7 Å². The maximum absolute atomic E-state index is 13.5. The predicted molar refractivity (Wildman–Crippen MR) is 213 cm³/mol. The van der Waals surface area contributed by atoms with Crippen molar-refractivity contribution in [2.45, 2.75) is 114 Å². The molecule has 6 fully saturated rings. The molecule has 9 rings (SSSR count). The summed E-state index contributed by atoms with van der Waals surface area (Å²) in [5.41, 5.74) is 3.21. The zero-order valence-corrected chi connectivity index (χ0v) is 34.4. The Morgan fingerprint density at radius 3 is 1.75 bits per heavy atom. The molecule has 7 aliphatic heterocycles. The third-order valence-corrected chi connectivity index (χ3v) is 12.4. The van der Waals surface area contributed by atoms with Gasteiger partial charge in [-0.05, 0) is 69.2 Å². The molecule has 6 bridgehead atoms. The van der Waals surface area contributed by atoms with Crippen LogP contribution in [0.15, 0.2) is 48.5 Å². The number of aliphatic hydroxyl groups is 1. The van der Waals surface area contributed by atoms with E-state index in [0.29, 0.717) is 74.6 Å². The zero-order chi connectivity index (χ0) is 36.4. The Hall–Kier alpha value is -1.91. The van der Waals surface area contributed by atoms with Gasteiger partial charge in [-0.2, -0.15) is 0 Å². The molecule has 1 N–H and O–H groups in total. The molecule has 3 radical (unpaired) electrons. The van der Waals surface area contributed by atoms with E-state index in [1.165, 1.54) is 17.7 Å². The molecule has 7 atom stereocenters. The van der Waals surface area contributed by atoms with Gasteiger partial charge in [0.25, 0.3) is 0 Å². The van der Waals surface area contributed by atoms with E-state index in [-0.39, 0.29) is 84.4 Å². The summed E-state index contributed by atoms with van der Waals surface area (Å²) in [5, 5.41) is 9.45. The molecule has 6 unspecified atom stereocenters. The number of ether oxygens (including phenoxy) is 4. The largest absolute Gasteiger partial charge is 1.00 e. The maximum atomic E-state index is 13.5. The Kier molecular flexibility index (Phi) is 19.0. The van der Waals surface area contributed by atoms with Crippen molar-refractivity contribution < 1.29 is 69.0 Å². The Morgan fingerprint density at radius 2 is 1.21 bits per heavy atom. The molecule has 0 aromatic heterocycles. The quantitative estimate of drug-likeness (QED) is 0.453. The van der Waals surface area contributed by atoms with Gasteiger partial charge in [0, 0.05) is 76.9 Å². The summed E-state index contributed by atoms with van der Waals surface area (Å²) in [6, 6.07) is 16.6. The van der Waals surface area contributed by atoms with Gasteiger partial charge in [0.05, 0.1) is 51.8 Å². The summed E-state index contributed by atoms with van der Waals surface area (Å²) in [4.78, 5) is 33.2. The fourth-order valence-corrected chi connectivity index (χ4v) is 9.07. The monoisotopic (exact) mass is 789 g/mol. The summed E-state index contributed by atoms with van der Waals surface area (Å²) in [7, 11) is 6.34. The predicted octanol–water partition coefficient (Wildman–Crippen LogP) is 1.67. The van der Waals surface area contributed by atoms with Crippen LogP contribution in [-0.4, -0.2) is 161 Å². The first-order chi connectivity index (χ1) is 25.1. The Bertz CT molecular complexity index is 1510. The van der Waals surface area contributed by atoms with Gasteiger partial charge in [-0.3, -0.25) is 24.4 Å². The number of aliphatic hydroxyl groups excluding tert-OH is 1. The van der Waals surface area contributed by atoms with Crippen molar-refractivity contribution in [2.75, 3.05) is 67.3 Å². The molecule has 2 aromatic carbocycles. The Labute approximate surface area is 359 Å². The Balaban J connectivity index is 0.000000344. The van der Waals surface area contributed by atoms with Crippen LogP contribution in [0.25, 0.3) is 0 Å². The molecule has 0 aliphatic carbocycles. The van der Waals surface area contributed by atoms with E-state index < -0.39 is 0 Å². The molecule has 6 saturated heterocycles. The van der Waals surface area contributed by atoms with Crippen molar-refractivity contribution in [3.8, 4) is 0 Å². The van der Waals surface area contributed by atoms with E-state index in [1.54, 1.807) is 17.0 Å². The first-order valence-corrected chi connectivity index (χ1v) is 19.0. The van der Waals surface area contributed by atoms with Crippen LogP contribution >= 0.6 is 0 Å². The van der Waals surface area contributed by atoms with Crippen LogP contribution in [0.4, 0.5) is 9.18 Å². The fourth-order valence-electron chi connectivity index (χ4n) is 9.07. The van der Waals surface area contributed by atoms with Gasteiger partial charge in [0.15, 0.2) is 0 Å². The van der Waals surface area contributed by atoms with Crippen molar-refractivity contribution in [1.29, 1.82) is 0 Å². The third-order valence-electron chi connectivity index (χ3n) is 12.4. The number of piperidine rings is 3. The van der Waals surface area contributed by atoms with Crippen LogP contribution in [-0.2, 0) is 30.2 Å². The standard InChI is InChI=1S/C24H27FN2O3.C8H15NO2.C8H13NO2.2CH4.B.Na.H/c1-26-19-12-21(13-20(26)15-29-14-19)30-24(28)27-11-10-16-4-2-3-5-22(16)23(27)17-6-8-18(25)9-7-17;2*1-9-6-2-8(10)3-7(9)5-11-4-6;;;;;/h2-9,19-21,23H,10-15H2,1H3;6-8,10H,2-5H2,1H3;6-7H,2-5H2,1H3;2*1H4;;;/q;;;;;;+1;-1/t19?,20?,21?,23-;;;;;;;/m0......./s1. The number of morpholine rings is 3. The third kappa shape index (κ3) is 11.2. The van der Waals surface area contributed by atoms with Crippen LogP contribution < -0.4 is 29.6 Å². The molecule has 7 heterocycles. The average Bonchev–Trinajstić information content (AvgIpc) is 3.10. The molecule has 305 valence electrons. The van der Waals surface area contributed by atoms with Crippen molar-refractivity contribution in [2.24, 2.45) is 0 Å². The number of Topliss-reactive ketones (excluding diaryl/α,β-unsaturated/α-hetero) is 1. The molecule has 1 amide bonds. The molecule has 2 aromatic rings. The number of amides is 1. The molecule has 11 nitrogen and oxygen atoms in total. The van der Waals surface area contributed by atoms with Gasteiger partial charge in [-0.1, -0.05) is 51.3 Å². The second-order valence-electron chi connectivity index (χ2n) is 15.7. The minimum atomic E-state index is -0.285. The first kappa shape index (κ1) is 48.5. The number of benzene rings is 2. The summed E-state index contributed by atoms with van der Waals surface area (Å²) in [6.45, 7) is 5.03. The van der Waals surface area contributed by atoms with Crippen LogP contribution in [0.2, 0.25) is 0 Å². The van der Waals surface area contributed by atoms with Crippen LogP contribution in [0, 0.1) is 5.82 Å². The smallest absolute Gasteiger partial charge is 1.00 e. The second kappa shape index (κ2) is 21.9. The first-order valence-electron chi connectivity index (χ1n) is 19.0. The van der Waals surface area contributed by atoms with Gasteiger partial charge in [0.2, 0.25) is 0 Å². The molecular weight excluding hydrogens is 725 g/mol. The number of carbonyl (C=O) groups is 2. The van der Waals surface area contributed by atoms with Crippen LogP contribution in [0.5, 0.6) is 0 Å². The molecule has 7 aliphatic rings. The summed E-state index contributed by atoms with van der Waals surface area (Å²) in [6.07, 6.45) is 5.04. The summed E-state index contributed by atoms with van der Waals surface area (Å²) < 4.78 is 36.0. The van der Waals surface area contributed by atoms with Crippen molar-refractivity contribution in [1.82, 2.24) is 19.6 Å². The number of halogens is 1. The van der Waals surface area contributed by atoms with Gasteiger partial charge < -0.3 is 25.5 Å². The van der Waals surface area contributed by atoms with Crippen LogP contribution in [0.3, 0.4) is 0 Å². The van der Waals surface area contributed by atoms with E-state index in [2.05, 4.69) is 48.0 Å². The second-order valence-corrected chi connectivity index (χ2v) is 15.7. The van der Waals surface area contributed by atoms with Crippen molar-refractivity contribution in [3.63, 3.8) is 0 Å².